The summed E-state index contributed by atoms with van der Waals surface area (Å²) in [6.07, 6.45) is 1.11. The van der Waals surface area contributed by atoms with Crippen LogP contribution in [0.1, 0.15) is 24.6 Å². The number of ether oxygens (including phenoxy) is 1. The van der Waals surface area contributed by atoms with Crippen molar-refractivity contribution in [3.8, 4) is 0 Å². The van der Waals surface area contributed by atoms with Crippen LogP contribution in [0.2, 0.25) is 0 Å². The van der Waals surface area contributed by atoms with Gasteiger partial charge in [-0.1, -0.05) is 6.07 Å². The maximum absolute atomic E-state index is 12.1. The second kappa shape index (κ2) is 7.75. The minimum absolute atomic E-state index is 0.0343. The first-order chi connectivity index (χ1) is 9.36. The summed E-state index contributed by atoms with van der Waals surface area (Å²) < 4.78 is 30.2. The van der Waals surface area contributed by atoms with Crippen molar-refractivity contribution >= 4 is 27.3 Å². The number of carbonyl (C=O) groups is 1. The van der Waals surface area contributed by atoms with Gasteiger partial charge >= 0.3 is 5.97 Å². The van der Waals surface area contributed by atoms with Crippen molar-refractivity contribution in [1.29, 1.82) is 0 Å². The van der Waals surface area contributed by atoms with Crippen LogP contribution < -0.4 is 0 Å². The number of thiophene rings is 1. The Bertz CT molecular complexity index is 510. The average molecular weight is 319 g/mol. The molecule has 0 bridgehead atoms. The molecule has 0 aliphatic heterocycles. The number of carbonyl (C=O) groups excluding carboxylic acids is 1. The van der Waals surface area contributed by atoms with Gasteiger partial charge in [0.15, 0.2) is 0 Å². The summed E-state index contributed by atoms with van der Waals surface area (Å²) in [6, 6.07) is 3.85. The normalized spacial score (nSPS) is 13.4. The minimum Gasteiger partial charge on any atom is -0.469 e. The molecule has 0 N–H and O–H groups in total. The molecule has 1 aromatic rings. The van der Waals surface area contributed by atoms with Crippen LogP contribution in [0.5, 0.6) is 0 Å². The fourth-order valence-electron chi connectivity index (χ4n) is 1.77. The summed E-state index contributed by atoms with van der Waals surface area (Å²) in [5.74, 6) is -0.414. The third-order valence-corrected chi connectivity index (χ3v) is 6.09. The number of hydrogen-bond donors (Lipinski definition) is 0. The van der Waals surface area contributed by atoms with E-state index in [1.54, 1.807) is 18.4 Å². The molecule has 5 nitrogen and oxygen atoms in total. The van der Waals surface area contributed by atoms with Gasteiger partial charge in [0.2, 0.25) is 10.0 Å². The van der Waals surface area contributed by atoms with Crippen molar-refractivity contribution in [2.45, 2.75) is 32.2 Å². The topological polar surface area (TPSA) is 63.7 Å². The zero-order chi connectivity index (χ0) is 15.2. The number of sulfonamides is 1. The van der Waals surface area contributed by atoms with E-state index >= 15 is 0 Å². The van der Waals surface area contributed by atoms with E-state index in [-0.39, 0.29) is 30.6 Å². The highest BCUT2D eigenvalue weighted by Gasteiger charge is 2.23. The summed E-state index contributed by atoms with van der Waals surface area (Å²) >= 11 is 1.62. The van der Waals surface area contributed by atoms with E-state index in [4.69, 9.17) is 0 Å². The number of likely N-dealkylation sites (N-methyl/N-ethyl adjacent to an activating group) is 1. The molecule has 0 aliphatic rings. The molecule has 1 unspecified atom stereocenters. The van der Waals surface area contributed by atoms with Crippen molar-refractivity contribution in [3.05, 3.63) is 22.4 Å². The standard InChI is InChI=1S/C13H21NO4S2/c1-11(10-12-6-4-8-19-12)14(2)20(16,17)9-5-7-13(15)18-3/h4,6,8,11H,5,7,9-10H2,1-3H3. The Kier molecular flexibility index (Phi) is 6.64. The lowest BCUT2D eigenvalue weighted by Gasteiger charge is -2.23. The molecule has 0 aromatic carbocycles. The van der Waals surface area contributed by atoms with Gasteiger partial charge in [0, 0.05) is 24.4 Å². The number of nitrogens with zero attached hydrogens (tertiary/aromatic N) is 1. The highest BCUT2D eigenvalue weighted by atomic mass is 32.2. The zero-order valence-electron chi connectivity index (χ0n) is 12.0. The second-order valence-corrected chi connectivity index (χ2v) is 7.82. The highest BCUT2D eigenvalue weighted by molar-refractivity contribution is 7.89. The maximum Gasteiger partial charge on any atom is 0.305 e. The number of hydrogen-bond acceptors (Lipinski definition) is 5. The van der Waals surface area contributed by atoms with Crippen LogP contribution in [0.3, 0.4) is 0 Å². The van der Waals surface area contributed by atoms with Crippen LogP contribution >= 0.6 is 11.3 Å². The number of esters is 1. The van der Waals surface area contributed by atoms with E-state index in [2.05, 4.69) is 4.74 Å². The van der Waals surface area contributed by atoms with Crippen molar-refractivity contribution in [2.75, 3.05) is 19.9 Å². The molecule has 114 valence electrons. The SMILES string of the molecule is COC(=O)CCCS(=O)(=O)N(C)C(C)Cc1cccs1. The first-order valence-electron chi connectivity index (χ1n) is 6.41. The summed E-state index contributed by atoms with van der Waals surface area (Å²) in [5.41, 5.74) is 0. The predicted octanol–water partition coefficient (Wildman–Crippen LogP) is 1.89. The third kappa shape index (κ3) is 5.22. The van der Waals surface area contributed by atoms with Crippen LogP contribution in [-0.2, 0) is 26.0 Å². The molecule has 0 radical (unpaired) electrons. The molecule has 0 saturated heterocycles. The molecule has 0 aliphatic carbocycles. The van der Waals surface area contributed by atoms with Gasteiger partial charge < -0.3 is 4.74 Å². The summed E-state index contributed by atoms with van der Waals surface area (Å²) in [6.45, 7) is 1.89. The maximum atomic E-state index is 12.1. The smallest absolute Gasteiger partial charge is 0.305 e. The molecule has 0 saturated carbocycles. The van der Waals surface area contributed by atoms with Gasteiger partial charge in [0.1, 0.15) is 0 Å². The van der Waals surface area contributed by atoms with E-state index in [1.807, 2.05) is 24.4 Å². The lowest BCUT2D eigenvalue weighted by Crippen LogP contribution is -2.37. The monoisotopic (exact) mass is 319 g/mol. The summed E-state index contributed by atoms with van der Waals surface area (Å²) in [7, 11) is -0.450. The second-order valence-electron chi connectivity index (χ2n) is 4.64. The Balaban J connectivity index is 2.50. The Labute approximate surface area is 124 Å². The lowest BCUT2D eigenvalue weighted by molar-refractivity contribution is -0.140. The zero-order valence-corrected chi connectivity index (χ0v) is 13.7. The van der Waals surface area contributed by atoms with Gasteiger partial charge in [-0.2, -0.15) is 0 Å². The van der Waals surface area contributed by atoms with Crippen molar-refractivity contribution < 1.29 is 17.9 Å². The third-order valence-electron chi connectivity index (χ3n) is 3.15. The largest absolute Gasteiger partial charge is 0.469 e. The molecule has 0 fully saturated rings. The molecule has 7 heteroatoms. The molecule has 0 amide bonds. The first kappa shape index (κ1) is 17.1. The quantitative estimate of drug-likeness (QED) is 0.687. The first-order valence-corrected chi connectivity index (χ1v) is 8.90. The van der Waals surface area contributed by atoms with Crippen LogP contribution in [0.15, 0.2) is 17.5 Å². The van der Waals surface area contributed by atoms with E-state index in [0.717, 1.165) is 4.88 Å². The Morgan fingerprint density at radius 1 is 1.50 bits per heavy atom. The van der Waals surface area contributed by atoms with Gasteiger partial charge in [0.05, 0.1) is 12.9 Å². The van der Waals surface area contributed by atoms with Crippen molar-refractivity contribution in [2.24, 2.45) is 0 Å². The average Bonchev–Trinajstić information content (AvgIpc) is 2.90. The van der Waals surface area contributed by atoms with Gasteiger partial charge in [-0.25, -0.2) is 12.7 Å². The van der Waals surface area contributed by atoms with Crippen molar-refractivity contribution in [1.82, 2.24) is 4.31 Å². The van der Waals surface area contributed by atoms with Crippen LogP contribution in [0.4, 0.5) is 0 Å². The Morgan fingerprint density at radius 3 is 2.75 bits per heavy atom. The van der Waals surface area contributed by atoms with E-state index < -0.39 is 10.0 Å². The van der Waals surface area contributed by atoms with Gasteiger partial charge in [-0.05, 0) is 31.2 Å². The van der Waals surface area contributed by atoms with E-state index in [0.29, 0.717) is 6.42 Å². The minimum atomic E-state index is -3.34. The lowest BCUT2D eigenvalue weighted by atomic mass is 10.2. The Morgan fingerprint density at radius 2 is 2.20 bits per heavy atom. The molecule has 1 aromatic heterocycles. The van der Waals surface area contributed by atoms with Gasteiger partial charge in [-0.15, -0.1) is 11.3 Å². The predicted molar refractivity (Wildman–Crippen MR) is 80.3 cm³/mol. The molecule has 1 atom stereocenters. The summed E-state index contributed by atoms with van der Waals surface area (Å²) in [5, 5.41) is 1.98. The molecule has 0 spiro atoms. The summed E-state index contributed by atoms with van der Waals surface area (Å²) in [4.78, 5) is 12.1. The Hall–Kier alpha value is -0.920. The van der Waals surface area contributed by atoms with Crippen LogP contribution in [0, 0.1) is 0 Å². The molecule has 20 heavy (non-hydrogen) atoms. The van der Waals surface area contributed by atoms with E-state index in [9.17, 15) is 13.2 Å². The fourth-order valence-corrected chi connectivity index (χ4v) is 4.01. The molecular formula is C13H21NO4S2. The number of rotatable bonds is 8. The van der Waals surface area contributed by atoms with Crippen molar-refractivity contribution in [3.63, 3.8) is 0 Å². The fraction of sp³-hybridized carbons (Fsp3) is 0.615. The highest BCUT2D eigenvalue weighted by Crippen LogP contribution is 2.16. The van der Waals surface area contributed by atoms with Crippen LogP contribution in [-0.4, -0.2) is 44.6 Å². The van der Waals surface area contributed by atoms with E-state index in [1.165, 1.54) is 11.4 Å². The molecule has 1 rings (SSSR count). The van der Waals surface area contributed by atoms with Gasteiger partial charge in [-0.3, -0.25) is 4.79 Å². The van der Waals surface area contributed by atoms with Gasteiger partial charge in [0.25, 0.3) is 0 Å². The number of methoxy groups -OCH3 is 1. The molecular weight excluding hydrogens is 298 g/mol. The van der Waals surface area contributed by atoms with Crippen LogP contribution in [0.25, 0.3) is 0 Å². The molecule has 1 heterocycles.